The molecule has 0 bridgehead atoms. The number of rotatable bonds is 10. The van der Waals surface area contributed by atoms with Crippen LogP contribution in [0, 0.1) is 5.92 Å². The summed E-state index contributed by atoms with van der Waals surface area (Å²) in [4.78, 5) is 32.8. The Hall–Kier alpha value is -3.93. The van der Waals surface area contributed by atoms with Gasteiger partial charge in [0.1, 0.15) is 11.4 Å². The summed E-state index contributed by atoms with van der Waals surface area (Å²) in [5.74, 6) is 0.826. The molecule has 0 saturated carbocycles. The Balaban J connectivity index is 1.46. The number of nitrogens with zero attached hydrogens (tertiary/aromatic N) is 1. The van der Waals surface area contributed by atoms with Gasteiger partial charge in [-0.1, -0.05) is 123 Å². The Labute approximate surface area is 238 Å². The molecule has 6 heteroatoms. The summed E-state index contributed by atoms with van der Waals surface area (Å²) in [5.41, 5.74) is 3.86. The van der Waals surface area contributed by atoms with Gasteiger partial charge >= 0.3 is 0 Å². The van der Waals surface area contributed by atoms with Crippen LogP contribution in [0.25, 0.3) is 0 Å². The third-order valence-corrected chi connectivity index (χ3v) is 8.15. The molecule has 40 heavy (non-hydrogen) atoms. The van der Waals surface area contributed by atoms with E-state index in [2.05, 4.69) is 17.1 Å². The fourth-order valence-electron chi connectivity index (χ4n) is 5.33. The smallest absolute Gasteiger partial charge is 0.231 e. The molecule has 0 aliphatic carbocycles. The SMILES string of the molecule is C=C(O/N=C(\C)c1ccc(C(=O)B2CCC(C(=O)N[C@@H](C)c3ccccc3)(c3ccccc3)CC2)cc1)C(C)C. The van der Waals surface area contributed by atoms with Crippen molar-refractivity contribution < 1.29 is 14.4 Å². The second-order valence-corrected chi connectivity index (χ2v) is 11.2. The molecule has 1 aliphatic heterocycles. The lowest BCUT2D eigenvalue weighted by atomic mass is 9.35. The molecule has 3 aromatic rings. The van der Waals surface area contributed by atoms with Gasteiger partial charge in [0.05, 0.1) is 17.2 Å². The molecule has 1 amide bonds. The normalized spacial score (nSPS) is 15.8. The van der Waals surface area contributed by atoms with Crippen molar-refractivity contribution in [1.29, 1.82) is 0 Å². The van der Waals surface area contributed by atoms with Gasteiger partial charge in [0.2, 0.25) is 12.6 Å². The highest BCUT2D eigenvalue weighted by Gasteiger charge is 2.46. The zero-order valence-corrected chi connectivity index (χ0v) is 24.0. The van der Waals surface area contributed by atoms with Crippen molar-refractivity contribution in [2.75, 3.05) is 0 Å². The molecular formula is C34H39BN2O3. The molecule has 0 aromatic heterocycles. The predicted octanol–water partition coefficient (Wildman–Crippen LogP) is 7.42. The molecule has 5 nitrogen and oxygen atoms in total. The summed E-state index contributed by atoms with van der Waals surface area (Å²) in [6, 6.07) is 27.5. The molecule has 1 heterocycles. The molecule has 206 valence electrons. The van der Waals surface area contributed by atoms with Gasteiger partial charge in [0, 0.05) is 11.5 Å². The Bertz CT molecular complexity index is 1340. The lowest BCUT2D eigenvalue weighted by molar-refractivity contribution is -0.128. The number of allylic oxidation sites excluding steroid dienone is 1. The van der Waals surface area contributed by atoms with Gasteiger partial charge in [-0.15, -0.1) is 0 Å². The van der Waals surface area contributed by atoms with Gasteiger partial charge in [-0.3, -0.25) is 4.79 Å². The minimum absolute atomic E-state index is 0.0300. The number of carbonyl (C=O) groups excluding carboxylic acids is 2. The van der Waals surface area contributed by atoms with Crippen LogP contribution >= 0.6 is 0 Å². The van der Waals surface area contributed by atoms with Crippen molar-refractivity contribution in [1.82, 2.24) is 5.32 Å². The summed E-state index contributed by atoms with van der Waals surface area (Å²) in [5, 5.41) is 7.45. The highest BCUT2D eigenvalue weighted by atomic mass is 16.6. The summed E-state index contributed by atoms with van der Waals surface area (Å²) < 4.78 is 0. The van der Waals surface area contributed by atoms with Gasteiger partial charge in [-0.05, 0) is 43.4 Å². The van der Waals surface area contributed by atoms with E-state index in [1.807, 2.05) is 113 Å². The van der Waals surface area contributed by atoms with Crippen LogP contribution in [0.3, 0.4) is 0 Å². The quantitative estimate of drug-likeness (QED) is 0.127. The van der Waals surface area contributed by atoms with Gasteiger partial charge in [-0.2, -0.15) is 0 Å². The average Bonchev–Trinajstić information content (AvgIpc) is 3.00. The molecule has 3 aromatic carbocycles. The summed E-state index contributed by atoms with van der Waals surface area (Å²) in [6.45, 7) is 11.7. The number of amides is 1. The van der Waals surface area contributed by atoms with E-state index in [1.165, 1.54) is 0 Å². The Kier molecular flexibility index (Phi) is 9.41. The third kappa shape index (κ3) is 6.61. The monoisotopic (exact) mass is 534 g/mol. The molecule has 1 atom stereocenters. The molecule has 4 rings (SSSR count). The first-order valence-corrected chi connectivity index (χ1v) is 14.2. The summed E-state index contributed by atoms with van der Waals surface area (Å²) in [7, 11) is 0. The van der Waals surface area contributed by atoms with Crippen molar-refractivity contribution in [3.63, 3.8) is 0 Å². The van der Waals surface area contributed by atoms with E-state index in [1.54, 1.807) is 0 Å². The molecule has 1 N–H and O–H groups in total. The Morgan fingerprint density at radius 3 is 2.00 bits per heavy atom. The van der Waals surface area contributed by atoms with Gasteiger partial charge in [0.25, 0.3) is 0 Å². The maximum atomic E-state index is 13.9. The number of nitrogens with one attached hydrogen (secondary N) is 1. The predicted molar refractivity (Wildman–Crippen MR) is 164 cm³/mol. The second kappa shape index (κ2) is 13.0. The zero-order chi connectivity index (χ0) is 28.7. The minimum Gasteiger partial charge on any atom is -0.362 e. The van der Waals surface area contributed by atoms with E-state index >= 15 is 0 Å². The molecule has 1 saturated heterocycles. The Morgan fingerprint density at radius 2 is 1.43 bits per heavy atom. The fourth-order valence-corrected chi connectivity index (χ4v) is 5.33. The van der Waals surface area contributed by atoms with Crippen LogP contribution in [0.5, 0.6) is 0 Å². The third-order valence-electron chi connectivity index (χ3n) is 8.15. The number of benzene rings is 3. The molecule has 0 unspecified atom stereocenters. The molecule has 0 radical (unpaired) electrons. The fraction of sp³-hybridized carbons (Fsp3) is 0.324. The largest absolute Gasteiger partial charge is 0.362 e. The van der Waals surface area contributed by atoms with Crippen molar-refractivity contribution in [2.45, 2.75) is 64.6 Å². The summed E-state index contributed by atoms with van der Waals surface area (Å²) >= 11 is 0. The van der Waals surface area contributed by atoms with Crippen LogP contribution < -0.4 is 5.32 Å². The maximum absolute atomic E-state index is 13.9. The van der Waals surface area contributed by atoms with Crippen molar-refractivity contribution in [3.8, 4) is 0 Å². The maximum Gasteiger partial charge on any atom is 0.231 e. The first kappa shape index (κ1) is 29.1. The van der Waals surface area contributed by atoms with E-state index in [0.717, 1.165) is 22.4 Å². The highest BCUT2D eigenvalue weighted by molar-refractivity contribution is 6.92. The molecule has 1 fully saturated rings. The van der Waals surface area contributed by atoms with E-state index in [-0.39, 0.29) is 30.3 Å². The van der Waals surface area contributed by atoms with Crippen molar-refractivity contribution >= 4 is 24.0 Å². The standard InChI is InChI=1S/C34H39BN2O3/c1-24(2)27(5)40-37-26(4)29-16-18-30(19-17-29)32(38)35-22-20-34(21-23-35,31-14-10-7-11-15-31)33(39)36-25(3)28-12-8-6-9-13-28/h6-19,24-25H,5,20-23H2,1-4H3,(H,36,39)/b37-26+/t25-/m0/s1. The number of carbonyl (C=O) groups is 2. The molecule has 0 spiro atoms. The van der Waals surface area contributed by atoms with Crippen LogP contribution in [0.15, 0.2) is 102 Å². The van der Waals surface area contributed by atoms with E-state index < -0.39 is 5.41 Å². The van der Waals surface area contributed by atoms with Crippen LogP contribution in [-0.4, -0.2) is 24.0 Å². The zero-order valence-electron chi connectivity index (χ0n) is 24.0. The number of hydrogen-bond donors (Lipinski definition) is 1. The van der Waals surface area contributed by atoms with Gasteiger partial charge < -0.3 is 14.9 Å². The van der Waals surface area contributed by atoms with Crippen LogP contribution in [0.4, 0.5) is 0 Å². The molecule has 1 aliphatic rings. The lowest BCUT2D eigenvalue weighted by Gasteiger charge is -2.39. The van der Waals surface area contributed by atoms with E-state index in [0.29, 0.717) is 36.8 Å². The van der Waals surface area contributed by atoms with E-state index in [4.69, 9.17) is 4.84 Å². The van der Waals surface area contributed by atoms with Crippen LogP contribution in [-0.2, 0) is 15.0 Å². The van der Waals surface area contributed by atoms with Crippen LogP contribution in [0.2, 0.25) is 12.6 Å². The average molecular weight is 535 g/mol. The highest BCUT2D eigenvalue weighted by Crippen LogP contribution is 2.41. The van der Waals surface area contributed by atoms with Gasteiger partial charge in [-0.25, -0.2) is 0 Å². The van der Waals surface area contributed by atoms with E-state index in [9.17, 15) is 9.59 Å². The topological polar surface area (TPSA) is 67.8 Å². The minimum atomic E-state index is -0.654. The first-order chi connectivity index (χ1) is 19.2. The lowest BCUT2D eigenvalue weighted by Crippen LogP contribution is -2.49. The second-order valence-electron chi connectivity index (χ2n) is 11.2. The number of hydrogen-bond acceptors (Lipinski definition) is 4. The summed E-state index contributed by atoms with van der Waals surface area (Å²) in [6.07, 6.45) is 2.58. The van der Waals surface area contributed by atoms with Gasteiger partial charge in [0.15, 0.2) is 0 Å². The van der Waals surface area contributed by atoms with Crippen molar-refractivity contribution in [2.24, 2.45) is 11.1 Å². The van der Waals surface area contributed by atoms with Crippen molar-refractivity contribution in [3.05, 3.63) is 120 Å². The first-order valence-electron chi connectivity index (χ1n) is 14.2. The Morgan fingerprint density at radius 1 is 0.875 bits per heavy atom. The number of oxime groups is 1. The molecular weight excluding hydrogens is 495 g/mol. The van der Waals surface area contributed by atoms with Crippen LogP contribution in [0.1, 0.15) is 73.6 Å².